The summed E-state index contributed by atoms with van der Waals surface area (Å²) in [5, 5.41) is 12.9. The Kier molecular flexibility index (Phi) is 5.30. The molecule has 0 aliphatic rings. The third-order valence-corrected chi connectivity index (χ3v) is 3.86. The Bertz CT molecular complexity index is 544. The molecule has 0 spiro atoms. The summed E-state index contributed by atoms with van der Waals surface area (Å²) in [6, 6.07) is 5.95. The Labute approximate surface area is 125 Å². The van der Waals surface area contributed by atoms with Gasteiger partial charge in [-0.25, -0.2) is 0 Å². The lowest BCUT2D eigenvalue weighted by atomic mass is 10.2. The van der Waals surface area contributed by atoms with Crippen LogP contribution < -0.4 is 10.1 Å². The van der Waals surface area contributed by atoms with Crippen molar-refractivity contribution in [2.24, 2.45) is 0 Å². The molecule has 0 saturated carbocycles. The van der Waals surface area contributed by atoms with Gasteiger partial charge < -0.3 is 10.1 Å². The number of nitrogens with zero attached hydrogens (tertiary/aromatic N) is 2. The molecule has 0 aliphatic heterocycles. The van der Waals surface area contributed by atoms with Crippen molar-refractivity contribution < 1.29 is 4.74 Å². The molecule has 4 nitrogen and oxygen atoms in total. The first kappa shape index (κ1) is 14.4. The zero-order valence-electron chi connectivity index (χ0n) is 10.9. The maximum atomic E-state index is 5.72. The number of benzene rings is 1. The van der Waals surface area contributed by atoms with E-state index in [4.69, 9.17) is 4.74 Å². The second-order valence-electron chi connectivity index (χ2n) is 4.17. The molecule has 0 aliphatic carbocycles. The standard InChI is InChI=1S/C13H16BrN3OS/c1-3-6-15-8-12-16-17-13(19-12)18-11-5-4-9(2)7-10(11)14/h4-5,7,15H,3,6,8H2,1-2H3. The Morgan fingerprint density at radius 3 is 2.95 bits per heavy atom. The third-order valence-electron chi connectivity index (χ3n) is 2.44. The number of rotatable bonds is 6. The van der Waals surface area contributed by atoms with Gasteiger partial charge in [0.05, 0.1) is 4.47 Å². The Morgan fingerprint density at radius 1 is 1.37 bits per heavy atom. The monoisotopic (exact) mass is 341 g/mol. The highest BCUT2D eigenvalue weighted by Gasteiger charge is 2.08. The van der Waals surface area contributed by atoms with Gasteiger partial charge in [0.15, 0.2) is 0 Å². The van der Waals surface area contributed by atoms with Crippen LogP contribution in [0.3, 0.4) is 0 Å². The van der Waals surface area contributed by atoms with Crippen molar-refractivity contribution in [3.05, 3.63) is 33.2 Å². The highest BCUT2D eigenvalue weighted by atomic mass is 79.9. The van der Waals surface area contributed by atoms with Gasteiger partial charge in [-0.05, 0) is 53.5 Å². The van der Waals surface area contributed by atoms with E-state index < -0.39 is 0 Å². The van der Waals surface area contributed by atoms with E-state index in [1.165, 1.54) is 16.9 Å². The van der Waals surface area contributed by atoms with E-state index in [0.29, 0.717) is 5.19 Å². The topological polar surface area (TPSA) is 47.0 Å². The third kappa shape index (κ3) is 4.26. The zero-order chi connectivity index (χ0) is 13.7. The van der Waals surface area contributed by atoms with Crippen molar-refractivity contribution >= 4 is 27.3 Å². The van der Waals surface area contributed by atoms with E-state index in [0.717, 1.165) is 34.7 Å². The Hall–Kier alpha value is -0.980. The minimum atomic E-state index is 0.567. The normalized spacial score (nSPS) is 10.7. The maximum Gasteiger partial charge on any atom is 0.299 e. The van der Waals surface area contributed by atoms with Crippen molar-refractivity contribution in [2.45, 2.75) is 26.8 Å². The largest absolute Gasteiger partial charge is 0.429 e. The van der Waals surface area contributed by atoms with Crippen LogP contribution in [0.4, 0.5) is 0 Å². The fraction of sp³-hybridized carbons (Fsp3) is 0.385. The molecule has 1 N–H and O–H groups in total. The molecule has 0 atom stereocenters. The molecule has 0 amide bonds. The zero-order valence-corrected chi connectivity index (χ0v) is 13.3. The molecule has 0 fully saturated rings. The summed E-state index contributed by atoms with van der Waals surface area (Å²) >= 11 is 4.95. The van der Waals surface area contributed by atoms with Crippen LogP contribution in [0.2, 0.25) is 0 Å². The lowest BCUT2D eigenvalue weighted by Crippen LogP contribution is -2.13. The summed E-state index contributed by atoms with van der Waals surface area (Å²) in [5.74, 6) is 0.759. The van der Waals surface area contributed by atoms with E-state index >= 15 is 0 Å². The summed E-state index contributed by atoms with van der Waals surface area (Å²) in [4.78, 5) is 0. The summed E-state index contributed by atoms with van der Waals surface area (Å²) in [6.07, 6.45) is 1.11. The van der Waals surface area contributed by atoms with Gasteiger partial charge in [0.1, 0.15) is 10.8 Å². The first-order valence-electron chi connectivity index (χ1n) is 6.16. The Balaban J connectivity index is 1.99. The summed E-state index contributed by atoms with van der Waals surface area (Å²) in [5.41, 5.74) is 1.18. The van der Waals surface area contributed by atoms with Crippen LogP contribution in [0.5, 0.6) is 10.9 Å². The highest BCUT2D eigenvalue weighted by molar-refractivity contribution is 9.10. The van der Waals surface area contributed by atoms with Gasteiger partial charge in [0.2, 0.25) is 0 Å². The number of halogens is 1. The fourth-order valence-electron chi connectivity index (χ4n) is 1.51. The van der Waals surface area contributed by atoms with Crippen molar-refractivity contribution in [3.8, 4) is 10.9 Å². The SMILES string of the molecule is CCCNCc1nnc(Oc2ccc(C)cc2Br)s1. The van der Waals surface area contributed by atoms with Gasteiger partial charge in [0, 0.05) is 6.54 Å². The van der Waals surface area contributed by atoms with Crippen LogP contribution in [0.1, 0.15) is 23.9 Å². The molecular formula is C13H16BrN3OS. The van der Waals surface area contributed by atoms with Crippen LogP contribution in [-0.2, 0) is 6.54 Å². The Morgan fingerprint density at radius 2 is 2.21 bits per heavy atom. The molecule has 1 heterocycles. The van der Waals surface area contributed by atoms with Crippen LogP contribution in [0, 0.1) is 6.92 Å². The van der Waals surface area contributed by atoms with Crippen molar-refractivity contribution in [1.29, 1.82) is 0 Å². The summed E-state index contributed by atoms with van der Waals surface area (Å²) < 4.78 is 6.65. The van der Waals surface area contributed by atoms with Crippen LogP contribution in [0.25, 0.3) is 0 Å². The number of hydrogen-bond acceptors (Lipinski definition) is 5. The van der Waals surface area contributed by atoms with Gasteiger partial charge >= 0.3 is 0 Å². The number of hydrogen-bond donors (Lipinski definition) is 1. The van der Waals surface area contributed by atoms with Gasteiger partial charge in [-0.2, -0.15) is 0 Å². The van der Waals surface area contributed by atoms with Crippen LogP contribution in [0.15, 0.2) is 22.7 Å². The van der Waals surface area contributed by atoms with Crippen LogP contribution in [-0.4, -0.2) is 16.7 Å². The molecule has 0 radical (unpaired) electrons. The van der Waals surface area contributed by atoms with Crippen molar-refractivity contribution in [3.63, 3.8) is 0 Å². The predicted molar refractivity (Wildman–Crippen MR) is 80.9 cm³/mol. The molecule has 102 valence electrons. The molecule has 2 rings (SSSR count). The molecule has 0 bridgehead atoms. The van der Waals surface area contributed by atoms with Gasteiger partial charge in [0.25, 0.3) is 5.19 Å². The van der Waals surface area contributed by atoms with E-state index in [1.807, 2.05) is 25.1 Å². The number of aryl methyl sites for hydroxylation is 1. The molecule has 2 aromatic rings. The molecule has 0 unspecified atom stereocenters. The van der Waals surface area contributed by atoms with Gasteiger partial charge in [-0.1, -0.05) is 29.4 Å². The smallest absolute Gasteiger partial charge is 0.299 e. The number of ether oxygens (including phenoxy) is 1. The van der Waals surface area contributed by atoms with Gasteiger partial charge in [-0.15, -0.1) is 5.10 Å². The van der Waals surface area contributed by atoms with E-state index in [1.54, 1.807) is 0 Å². The average Bonchev–Trinajstić information content (AvgIpc) is 2.81. The second kappa shape index (κ2) is 6.98. The highest BCUT2D eigenvalue weighted by Crippen LogP contribution is 2.31. The minimum Gasteiger partial charge on any atom is -0.429 e. The number of aromatic nitrogens is 2. The first-order chi connectivity index (χ1) is 9.19. The fourth-order valence-corrected chi connectivity index (χ4v) is 2.75. The molecule has 6 heteroatoms. The van der Waals surface area contributed by atoms with Crippen molar-refractivity contribution in [1.82, 2.24) is 15.5 Å². The molecule has 19 heavy (non-hydrogen) atoms. The second-order valence-corrected chi connectivity index (χ2v) is 6.05. The van der Waals surface area contributed by atoms with E-state index in [-0.39, 0.29) is 0 Å². The molecule has 0 saturated heterocycles. The van der Waals surface area contributed by atoms with Crippen LogP contribution >= 0.6 is 27.3 Å². The lowest BCUT2D eigenvalue weighted by Gasteiger charge is -2.04. The minimum absolute atomic E-state index is 0.567. The molecular weight excluding hydrogens is 326 g/mol. The molecule has 1 aromatic carbocycles. The van der Waals surface area contributed by atoms with E-state index in [9.17, 15) is 0 Å². The molecule has 1 aromatic heterocycles. The number of nitrogens with one attached hydrogen (secondary N) is 1. The maximum absolute atomic E-state index is 5.72. The summed E-state index contributed by atoms with van der Waals surface area (Å²) in [7, 11) is 0. The quantitative estimate of drug-likeness (QED) is 0.809. The van der Waals surface area contributed by atoms with Gasteiger partial charge in [-0.3, -0.25) is 0 Å². The average molecular weight is 342 g/mol. The predicted octanol–water partition coefficient (Wildman–Crippen LogP) is 3.90. The lowest BCUT2D eigenvalue weighted by molar-refractivity contribution is 0.470. The van der Waals surface area contributed by atoms with Crippen molar-refractivity contribution in [2.75, 3.05) is 6.54 Å². The first-order valence-corrected chi connectivity index (χ1v) is 7.77. The van der Waals surface area contributed by atoms with E-state index in [2.05, 4.69) is 38.4 Å². The summed E-state index contributed by atoms with van der Waals surface area (Å²) in [6.45, 7) is 5.90.